The summed E-state index contributed by atoms with van der Waals surface area (Å²) >= 11 is 0. The van der Waals surface area contributed by atoms with Gasteiger partial charge in [-0.15, -0.1) is 0 Å². The van der Waals surface area contributed by atoms with Gasteiger partial charge in [-0.2, -0.15) is 0 Å². The summed E-state index contributed by atoms with van der Waals surface area (Å²) in [4.78, 5) is 29.6. The summed E-state index contributed by atoms with van der Waals surface area (Å²) in [7, 11) is 0. The van der Waals surface area contributed by atoms with E-state index in [4.69, 9.17) is 10.8 Å². The summed E-state index contributed by atoms with van der Waals surface area (Å²) in [5.74, 6) is -1.37. The molecule has 0 saturated heterocycles. The maximum atomic E-state index is 11.0. The summed E-state index contributed by atoms with van der Waals surface area (Å²) in [6.45, 7) is 0.475. The van der Waals surface area contributed by atoms with E-state index in [1.165, 1.54) is 0 Å². The summed E-state index contributed by atoms with van der Waals surface area (Å²) in [6, 6.07) is 7.12. The Hall–Kier alpha value is -2.70. The Morgan fingerprint density at radius 2 is 2.00 bits per heavy atom. The van der Waals surface area contributed by atoms with E-state index in [1.807, 2.05) is 6.07 Å². The lowest BCUT2D eigenvalue weighted by molar-refractivity contribution is -0.118. The van der Waals surface area contributed by atoms with Gasteiger partial charge in [0.15, 0.2) is 0 Å². The van der Waals surface area contributed by atoms with Crippen molar-refractivity contribution in [2.45, 2.75) is 12.8 Å². The second-order valence-corrected chi connectivity index (χ2v) is 4.21. The van der Waals surface area contributed by atoms with Gasteiger partial charge in [-0.25, -0.2) is 14.8 Å². The van der Waals surface area contributed by atoms with E-state index >= 15 is 0 Å². The predicted octanol–water partition coefficient (Wildman–Crippen LogP) is 1.01. The lowest BCUT2D eigenvalue weighted by atomic mass is 10.2. The zero-order valence-corrected chi connectivity index (χ0v) is 10.7. The van der Waals surface area contributed by atoms with Crippen molar-refractivity contribution >= 4 is 28.6 Å². The molecular formula is C13H14N4O3. The maximum absolute atomic E-state index is 11.0. The Morgan fingerprint density at radius 3 is 2.70 bits per heavy atom. The van der Waals surface area contributed by atoms with E-state index < -0.39 is 5.97 Å². The van der Waals surface area contributed by atoms with E-state index in [2.05, 4.69) is 15.3 Å². The lowest BCUT2D eigenvalue weighted by Gasteiger charge is -2.09. The minimum atomic E-state index is -1.18. The molecule has 0 radical (unpaired) electrons. The van der Waals surface area contributed by atoms with Crippen molar-refractivity contribution in [3.8, 4) is 0 Å². The van der Waals surface area contributed by atoms with Gasteiger partial charge in [0.1, 0.15) is 5.82 Å². The number of primary amides is 1. The number of aromatic carboxylic acids is 1. The van der Waals surface area contributed by atoms with Crippen molar-refractivity contribution in [1.82, 2.24) is 9.97 Å². The molecule has 104 valence electrons. The number of amides is 1. The molecule has 20 heavy (non-hydrogen) atoms. The zero-order chi connectivity index (χ0) is 14.5. The van der Waals surface area contributed by atoms with Crippen LogP contribution in [0.2, 0.25) is 0 Å². The maximum Gasteiger partial charge on any atom is 0.374 e. The average molecular weight is 274 g/mol. The van der Waals surface area contributed by atoms with E-state index in [-0.39, 0.29) is 18.2 Å². The Labute approximate surface area is 114 Å². The minimum absolute atomic E-state index is 0.263. The van der Waals surface area contributed by atoms with Crippen LogP contribution >= 0.6 is 0 Å². The molecule has 2 rings (SSSR count). The molecule has 4 N–H and O–H groups in total. The number of fused-ring (bicyclic) bond motifs is 1. The molecule has 0 spiro atoms. The third-order valence-corrected chi connectivity index (χ3v) is 2.69. The predicted molar refractivity (Wildman–Crippen MR) is 73.4 cm³/mol. The molecule has 0 saturated carbocycles. The van der Waals surface area contributed by atoms with Crippen molar-refractivity contribution in [3.63, 3.8) is 0 Å². The minimum Gasteiger partial charge on any atom is -0.475 e. The Kier molecular flexibility index (Phi) is 4.09. The third kappa shape index (κ3) is 3.19. The van der Waals surface area contributed by atoms with Crippen LogP contribution in [0.3, 0.4) is 0 Å². The molecule has 7 nitrogen and oxygen atoms in total. The van der Waals surface area contributed by atoms with Gasteiger partial charge in [0.05, 0.1) is 5.52 Å². The second kappa shape index (κ2) is 5.96. The van der Waals surface area contributed by atoms with E-state index in [0.29, 0.717) is 24.3 Å². The summed E-state index contributed by atoms with van der Waals surface area (Å²) in [5, 5.41) is 12.7. The molecule has 1 aromatic carbocycles. The van der Waals surface area contributed by atoms with E-state index in [9.17, 15) is 9.59 Å². The Bertz CT molecular complexity index is 657. The van der Waals surface area contributed by atoms with Crippen LogP contribution in [0.25, 0.3) is 10.9 Å². The van der Waals surface area contributed by atoms with Gasteiger partial charge in [0.2, 0.25) is 11.7 Å². The van der Waals surface area contributed by atoms with E-state index in [0.717, 1.165) is 5.39 Å². The van der Waals surface area contributed by atoms with Gasteiger partial charge < -0.3 is 16.2 Å². The van der Waals surface area contributed by atoms with Crippen LogP contribution < -0.4 is 11.1 Å². The SMILES string of the molecule is NC(=O)CCCNc1nc(C(=O)O)nc2ccccc12. The molecule has 7 heteroatoms. The molecule has 1 amide bonds. The molecule has 2 aromatic rings. The first-order valence-electron chi connectivity index (χ1n) is 6.10. The molecule has 0 aliphatic heterocycles. The van der Waals surface area contributed by atoms with Crippen LogP contribution in [-0.2, 0) is 4.79 Å². The Balaban J connectivity index is 2.25. The highest BCUT2D eigenvalue weighted by molar-refractivity contribution is 5.93. The number of nitrogens with zero attached hydrogens (tertiary/aromatic N) is 2. The number of para-hydroxylation sites is 1. The van der Waals surface area contributed by atoms with Gasteiger partial charge in [-0.05, 0) is 18.6 Å². The first kappa shape index (κ1) is 13.7. The molecule has 0 unspecified atom stereocenters. The molecule has 0 aliphatic carbocycles. The fraction of sp³-hybridized carbons (Fsp3) is 0.231. The number of benzene rings is 1. The first-order valence-corrected chi connectivity index (χ1v) is 6.10. The lowest BCUT2D eigenvalue weighted by Crippen LogP contribution is -2.14. The van der Waals surface area contributed by atoms with Gasteiger partial charge in [-0.3, -0.25) is 4.79 Å². The van der Waals surface area contributed by atoms with Crippen molar-refractivity contribution < 1.29 is 14.7 Å². The first-order chi connectivity index (χ1) is 9.58. The standard InChI is InChI=1S/C13H14N4O3/c14-10(18)6-3-7-15-11-8-4-1-2-5-9(8)16-12(17-11)13(19)20/h1-2,4-5H,3,6-7H2,(H2,14,18)(H,19,20)(H,15,16,17). The van der Waals surface area contributed by atoms with Crippen molar-refractivity contribution in [2.24, 2.45) is 5.73 Å². The van der Waals surface area contributed by atoms with Crippen LogP contribution in [0.4, 0.5) is 5.82 Å². The molecule has 0 atom stereocenters. The van der Waals surface area contributed by atoms with Crippen molar-refractivity contribution in [2.75, 3.05) is 11.9 Å². The van der Waals surface area contributed by atoms with E-state index in [1.54, 1.807) is 18.2 Å². The number of carboxylic acid groups (broad SMARTS) is 1. The fourth-order valence-electron chi connectivity index (χ4n) is 1.78. The quantitative estimate of drug-likeness (QED) is 0.676. The summed E-state index contributed by atoms with van der Waals surface area (Å²) in [5.41, 5.74) is 5.61. The van der Waals surface area contributed by atoms with Gasteiger partial charge in [0.25, 0.3) is 0 Å². The average Bonchev–Trinajstić information content (AvgIpc) is 2.42. The highest BCUT2D eigenvalue weighted by Gasteiger charge is 2.12. The monoisotopic (exact) mass is 274 g/mol. The highest BCUT2D eigenvalue weighted by Crippen LogP contribution is 2.20. The third-order valence-electron chi connectivity index (χ3n) is 2.69. The molecule has 1 heterocycles. The number of anilines is 1. The van der Waals surface area contributed by atoms with Crippen LogP contribution in [0.15, 0.2) is 24.3 Å². The van der Waals surface area contributed by atoms with Gasteiger partial charge >= 0.3 is 5.97 Å². The number of nitrogens with two attached hydrogens (primary N) is 1. The number of carboxylic acids is 1. The van der Waals surface area contributed by atoms with Crippen LogP contribution in [0, 0.1) is 0 Å². The molecule has 0 aliphatic rings. The molecule has 0 bridgehead atoms. The number of aromatic nitrogens is 2. The van der Waals surface area contributed by atoms with Gasteiger partial charge in [-0.1, -0.05) is 12.1 Å². The number of rotatable bonds is 6. The fourth-order valence-corrected chi connectivity index (χ4v) is 1.78. The zero-order valence-electron chi connectivity index (χ0n) is 10.7. The van der Waals surface area contributed by atoms with Crippen LogP contribution in [0.1, 0.15) is 23.5 Å². The summed E-state index contributed by atoms with van der Waals surface area (Å²) in [6.07, 6.45) is 0.817. The van der Waals surface area contributed by atoms with Crippen LogP contribution in [-0.4, -0.2) is 33.5 Å². The largest absolute Gasteiger partial charge is 0.475 e. The smallest absolute Gasteiger partial charge is 0.374 e. The molecule has 0 fully saturated rings. The summed E-state index contributed by atoms with van der Waals surface area (Å²) < 4.78 is 0. The number of hydrogen-bond donors (Lipinski definition) is 3. The van der Waals surface area contributed by atoms with Crippen molar-refractivity contribution in [3.05, 3.63) is 30.1 Å². The number of hydrogen-bond acceptors (Lipinski definition) is 5. The highest BCUT2D eigenvalue weighted by atomic mass is 16.4. The number of carbonyl (C=O) groups excluding carboxylic acids is 1. The van der Waals surface area contributed by atoms with Gasteiger partial charge in [0, 0.05) is 18.4 Å². The van der Waals surface area contributed by atoms with Crippen LogP contribution in [0.5, 0.6) is 0 Å². The normalized spacial score (nSPS) is 10.4. The molecular weight excluding hydrogens is 260 g/mol. The second-order valence-electron chi connectivity index (χ2n) is 4.21. The Morgan fingerprint density at radius 1 is 1.25 bits per heavy atom. The van der Waals surface area contributed by atoms with Crippen molar-refractivity contribution in [1.29, 1.82) is 0 Å². The number of nitrogens with one attached hydrogen (secondary N) is 1. The topological polar surface area (TPSA) is 118 Å². The molecule has 1 aromatic heterocycles. The number of carbonyl (C=O) groups is 2.